The van der Waals surface area contributed by atoms with Crippen molar-refractivity contribution in [1.82, 2.24) is 0 Å². The van der Waals surface area contributed by atoms with E-state index in [1.54, 1.807) is 0 Å². The van der Waals surface area contributed by atoms with Crippen molar-refractivity contribution in [2.75, 3.05) is 11.4 Å². The Bertz CT molecular complexity index is 574. The second-order valence-electron chi connectivity index (χ2n) is 4.13. The van der Waals surface area contributed by atoms with Gasteiger partial charge in [-0.15, -0.1) is 0 Å². The van der Waals surface area contributed by atoms with Gasteiger partial charge in [0.15, 0.2) is 0 Å². The zero-order chi connectivity index (χ0) is 14.2. The minimum absolute atomic E-state index is 0.0832. The molecule has 100 valence electrons. The summed E-state index contributed by atoms with van der Waals surface area (Å²) in [7, 11) is 0. The lowest BCUT2D eigenvalue weighted by molar-refractivity contribution is -0.384. The topological polar surface area (TPSA) is 101 Å². The van der Waals surface area contributed by atoms with Crippen LogP contribution in [-0.2, 0) is 9.59 Å². The fourth-order valence-electron chi connectivity index (χ4n) is 1.98. The van der Waals surface area contributed by atoms with Gasteiger partial charge in [0.25, 0.3) is 5.69 Å². The van der Waals surface area contributed by atoms with Gasteiger partial charge in [-0.25, -0.2) is 4.39 Å². The minimum Gasteiger partial charge on any atom is -0.481 e. The average Bonchev–Trinajstić information content (AvgIpc) is 2.71. The van der Waals surface area contributed by atoms with Crippen LogP contribution in [0.3, 0.4) is 0 Å². The predicted octanol–water partition coefficient (Wildman–Crippen LogP) is 1.17. The SMILES string of the molecule is O=C(O)C1CC(=O)N(c2ccc(F)cc2[N+](=O)[O-])C1. The number of rotatable bonds is 3. The summed E-state index contributed by atoms with van der Waals surface area (Å²) >= 11 is 0. The number of carboxylic acids is 1. The van der Waals surface area contributed by atoms with Crippen molar-refractivity contribution >= 4 is 23.3 Å². The van der Waals surface area contributed by atoms with Crippen molar-refractivity contribution < 1.29 is 24.0 Å². The maximum atomic E-state index is 13.0. The maximum Gasteiger partial charge on any atom is 0.308 e. The lowest BCUT2D eigenvalue weighted by Gasteiger charge is -2.15. The number of hydrogen-bond donors (Lipinski definition) is 1. The molecule has 0 aliphatic carbocycles. The number of halogens is 1. The number of hydrogen-bond acceptors (Lipinski definition) is 4. The Morgan fingerprint density at radius 1 is 1.53 bits per heavy atom. The second-order valence-corrected chi connectivity index (χ2v) is 4.13. The molecule has 1 aliphatic heterocycles. The summed E-state index contributed by atoms with van der Waals surface area (Å²) in [6, 6.07) is 2.80. The molecule has 7 nitrogen and oxygen atoms in total. The molecule has 0 spiro atoms. The summed E-state index contributed by atoms with van der Waals surface area (Å²) < 4.78 is 13.0. The number of aliphatic carboxylic acids is 1. The van der Waals surface area contributed by atoms with Crippen molar-refractivity contribution in [3.05, 3.63) is 34.1 Å². The molecule has 0 aromatic heterocycles. The van der Waals surface area contributed by atoms with Crippen molar-refractivity contribution in [3.8, 4) is 0 Å². The van der Waals surface area contributed by atoms with E-state index in [4.69, 9.17) is 5.11 Å². The van der Waals surface area contributed by atoms with Gasteiger partial charge in [-0.1, -0.05) is 0 Å². The molecular weight excluding hydrogens is 259 g/mol. The maximum absolute atomic E-state index is 13.0. The molecule has 1 N–H and O–H groups in total. The number of nitrogens with zero attached hydrogens (tertiary/aromatic N) is 2. The predicted molar refractivity (Wildman–Crippen MR) is 61.2 cm³/mol. The van der Waals surface area contributed by atoms with Crippen LogP contribution in [0.25, 0.3) is 0 Å². The van der Waals surface area contributed by atoms with Crippen LogP contribution in [-0.4, -0.2) is 28.5 Å². The smallest absolute Gasteiger partial charge is 0.308 e. The largest absolute Gasteiger partial charge is 0.481 e. The first kappa shape index (κ1) is 12.9. The van der Waals surface area contributed by atoms with E-state index in [1.807, 2.05) is 0 Å². The Morgan fingerprint density at radius 2 is 2.21 bits per heavy atom. The number of carboxylic acid groups (broad SMARTS) is 1. The molecule has 1 heterocycles. The van der Waals surface area contributed by atoms with E-state index in [1.165, 1.54) is 0 Å². The second kappa shape index (κ2) is 4.63. The zero-order valence-corrected chi connectivity index (χ0v) is 9.58. The summed E-state index contributed by atoms with van der Waals surface area (Å²) in [5, 5.41) is 19.7. The van der Waals surface area contributed by atoms with Gasteiger partial charge in [-0.05, 0) is 12.1 Å². The first-order chi connectivity index (χ1) is 8.90. The molecule has 1 aliphatic rings. The third-order valence-electron chi connectivity index (χ3n) is 2.90. The Balaban J connectivity index is 2.40. The molecule has 1 atom stereocenters. The van der Waals surface area contributed by atoms with Gasteiger partial charge in [0.05, 0.1) is 16.9 Å². The summed E-state index contributed by atoms with van der Waals surface area (Å²) in [6.45, 7) is -0.152. The van der Waals surface area contributed by atoms with E-state index in [0.717, 1.165) is 17.0 Å². The quantitative estimate of drug-likeness (QED) is 0.655. The van der Waals surface area contributed by atoms with E-state index in [0.29, 0.717) is 6.07 Å². The van der Waals surface area contributed by atoms with Crippen LogP contribution in [0.2, 0.25) is 0 Å². The highest BCUT2D eigenvalue weighted by Gasteiger charge is 2.37. The summed E-state index contributed by atoms with van der Waals surface area (Å²) in [6.07, 6.45) is -0.218. The summed E-state index contributed by atoms with van der Waals surface area (Å²) in [5.41, 5.74) is -0.639. The Kier molecular flexibility index (Phi) is 3.16. The fourth-order valence-corrected chi connectivity index (χ4v) is 1.98. The molecule has 0 saturated carbocycles. The van der Waals surface area contributed by atoms with Crippen LogP contribution in [0.4, 0.5) is 15.8 Å². The fraction of sp³-hybridized carbons (Fsp3) is 0.273. The van der Waals surface area contributed by atoms with Crippen molar-refractivity contribution in [3.63, 3.8) is 0 Å². The molecule has 1 saturated heterocycles. The number of benzene rings is 1. The van der Waals surface area contributed by atoms with Crippen LogP contribution in [0.15, 0.2) is 18.2 Å². The number of carbonyl (C=O) groups is 2. The van der Waals surface area contributed by atoms with Crippen molar-refractivity contribution in [2.24, 2.45) is 5.92 Å². The zero-order valence-electron chi connectivity index (χ0n) is 9.58. The van der Waals surface area contributed by atoms with Gasteiger partial charge in [0.1, 0.15) is 11.5 Å². The molecule has 1 unspecified atom stereocenters. The Hall–Kier alpha value is -2.51. The number of nitro groups is 1. The highest BCUT2D eigenvalue weighted by molar-refractivity contribution is 6.00. The molecule has 1 amide bonds. The van der Waals surface area contributed by atoms with Gasteiger partial charge in [-0.3, -0.25) is 19.7 Å². The first-order valence-electron chi connectivity index (χ1n) is 5.37. The van der Waals surface area contributed by atoms with E-state index < -0.39 is 34.2 Å². The molecule has 8 heteroatoms. The van der Waals surface area contributed by atoms with Gasteiger partial charge in [0, 0.05) is 13.0 Å². The van der Waals surface area contributed by atoms with E-state index >= 15 is 0 Å². The van der Waals surface area contributed by atoms with Crippen LogP contribution in [0.1, 0.15) is 6.42 Å². The molecule has 0 radical (unpaired) electrons. The van der Waals surface area contributed by atoms with Gasteiger partial charge in [-0.2, -0.15) is 0 Å². The molecule has 1 fully saturated rings. The number of amides is 1. The van der Waals surface area contributed by atoms with Crippen LogP contribution < -0.4 is 4.90 Å². The third kappa shape index (κ3) is 2.37. The highest BCUT2D eigenvalue weighted by Crippen LogP contribution is 2.33. The van der Waals surface area contributed by atoms with Crippen molar-refractivity contribution in [1.29, 1.82) is 0 Å². The standard InChI is InChI=1S/C11H9FN2O5/c12-7-1-2-8(9(4-7)14(18)19)13-5-6(11(16)17)3-10(13)15/h1-2,4,6H,3,5H2,(H,16,17). The van der Waals surface area contributed by atoms with E-state index in [9.17, 15) is 24.1 Å². The van der Waals surface area contributed by atoms with E-state index in [-0.39, 0.29) is 18.7 Å². The van der Waals surface area contributed by atoms with Crippen LogP contribution >= 0.6 is 0 Å². The molecule has 19 heavy (non-hydrogen) atoms. The number of carbonyl (C=O) groups excluding carboxylic acids is 1. The van der Waals surface area contributed by atoms with Crippen molar-refractivity contribution in [2.45, 2.75) is 6.42 Å². The monoisotopic (exact) mass is 268 g/mol. The molecule has 2 rings (SSSR count). The van der Waals surface area contributed by atoms with Gasteiger partial charge >= 0.3 is 5.97 Å². The lowest BCUT2D eigenvalue weighted by Crippen LogP contribution is -2.26. The summed E-state index contributed by atoms with van der Waals surface area (Å²) in [5.74, 6) is -3.36. The van der Waals surface area contributed by atoms with E-state index in [2.05, 4.69) is 0 Å². The molecule has 1 aromatic rings. The lowest BCUT2D eigenvalue weighted by atomic mass is 10.1. The molecule has 0 bridgehead atoms. The Morgan fingerprint density at radius 3 is 2.74 bits per heavy atom. The first-order valence-corrected chi connectivity index (χ1v) is 5.37. The number of nitro benzene ring substituents is 1. The minimum atomic E-state index is -1.14. The van der Waals surface area contributed by atoms with Gasteiger partial charge < -0.3 is 10.0 Å². The van der Waals surface area contributed by atoms with Crippen LogP contribution in [0.5, 0.6) is 0 Å². The Labute approximate surface area is 106 Å². The average molecular weight is 268 g/mol. The van der Waals surface area contributed by atoms with Gasteiger partial charge in [0.2, 0.25) is 5.91 Å². The normalized spacial score (nSPS) is 18.7. The molecule has 1 aromatic carbocycles. The highest BCUT2D eigenvalue weighted by atomic mass is 19.1. The summed E-state index contributed by atoms with van der Waals surface area (Å²) in [4.78, 5) is 33.6. The third-order valence-corrected chi connectivity index (χ3v) is 2.90. The molecular formula is C11H9FN2O5. The van der Waals surface area contributed by atoms with Crippen LogP contribution in [0, 0.1) is 21.8 Å². The number of anilines is 1.